The van der Waals surface area contributed by atoms with Crippen molar-refractivity contribution < 1.29 is 22.7 Å². The molecule has 3 aromatic rings. The van der Waals surface area contributed by atoms with Crippen LogP contribution in [0.15, 0.2) is 41.3 Å². The number of ether oxygens (including phenoxy) is 1. The predicted octanol–water partition coefficient (Wildman–Crippen LogP) is 3.18. The second kappa shape index (κ2) is 7.98. The molecule has 7 nitrogen and oxygen atoms in total. The predicted molar refractivity (Wildman–Crippen MR) is 101 cm³/mol. The van der Waals surface area contributed by atoms with Crippen LogP contribution in [0, 0.1) is 0 Å². The maximum absolute atomic E-state index is 13.2. The summed E-state index contributed by atoms with van der Waals surface area (Å²) in [5, 5.41) is 6.46. The molecule has 0 aliphatic rings. The monoisotopic (exact) mass is 408 g/mol. The SMILES string of the molecule is CCOc1ccc(NC(=O)CCn2c(=O)cc(C(F)(F)F)c3cn(C)nc32)cc1. The summed E-state index contributed by atoms with van der Waals surface area (Å²) in [4.78, 5) is 24.5. The fourth-order valence-corrected chi connectivity index (χ4v) is 2.94. The van der Waals surface area contributed by atoms with E-state index in [0.29, 0.717) is 24.1 Å². The molecule has 10 heteroatoms. The van der Waals surface area contributed by atoms with E-state index in [4.69, 9.17) is 4.74 Å². The summed E-state index contributed by atoms with van der Waals surface area (Å²) in [6.45, 7) is 2.28. The van der Waals surface area contributed by atoms with Crippen LogP contribution in [-0.2, 0) is 24.6 Å². The van der Waals surface area contributed by atoms with Crippen molar-refractivity contribution in [2.75, 3.05) is 11.9 Å². The first-order valence-corrected chi connectivity index (χ1v) is 8.86. The van der Waals surface area contributed by atoms with E-state index in [-0.39, 0.29) is 29.9 Å². The molecule has 29 heavy (non-hydrogen) atoms. The topological polar surface area (TPSA) is 78.1 Å². The number of aryl methyl sites for hydroxylation is 2. The van der Waals surface area contributed by atoms with Crippen molar-refractivity contribution in [3.63, 3.8) is 0 Å². The Kier molecular flexibility index (Phi) is 5.62. The van der Waals surface area contributed by atoms with Gasteiger partial charge in [-0.1, -0.05) is 0 Å². The first-order valence-electron chi connectivity index (χ1n) is 8.86. The second-order valence-corrected chi connectivity index (χ2v) is 6.34. The molecular weight excluding hydrogens is 389 g/mol. The molecule has 0 saturated carbocycles. The van der Waals surface area contributed by atoms with E-state index in [2.05, 4.69) is 10.4 Å². The largest absolute Gasteiger partial charge is 0.494 e. The Morgan fingerprint density at radius 2 is 1.93 bits per heavy atom. The van der Waals surface area contributed by atoms with E-state index in [9.17, 15) is 22.8 Å². The Bertz CT molecular complexity index is 1090. The van der Waals surface area contributed by atoms with E-state index in [1.807, 2.05) is 6.92 Å². The summed E-state index contributed by atoms with van der Waals surface area (Å²) >= 11 is 0. The molecule has 0 aliphatic carbocycles. The second-order valence-electron chi connectivity index (χ2n) is 6.34. The molecule has 1 amide bonds. The standard InChI is InChI=1S/C19H19F3N4O3/c1-3-29-13-6-4-12(5-7-13)23-16(27)8-9-26-17(28)10-15(19(20,21)22)14-11-25(2)24-18(14)26/h4-7,10-11H,3,8-9H2,1-2H3,(H,23,27). The molecule has 0 fully saturated rings. The summed E-state index contributed by atoms with van der Waals surface area (Å²) in [5.41, 5.74) is -1.47. The van der Waals surface area contributed by atoms with Crippen molar-refractivity contribution in [3.05, 3.63) is 52.4 Å². The number of nitrogens with one attached hydrogen (secondary N) is 1. The summed E-state index contributed by atoms with van der Waals surface area (Å²) < 4.78 is 47.2. The lowest BCUT2D eigenvalue weighted by Gasteiger charge is -2.12. The van der Waals surface area contributed by atoms with Crippen molar-refractivity contribution in [1.82, 2.24) is 14.3 Å². The van der Waals surface area contributed by atoms with Gasteiger partial charge < -0.3 is 10.1 Å². The lowest BCUT2D eigenvalue weighted by Crippen LogP contribution is -2.25. The number of carbonyl (C=O) groups excluding carboxylic acids is 1. The van der Waals surface area contributed by atoms with Crippen LogP contribution in [0.5, 0.6) is 5.75 Å². The first kappa shape index (κ1) is 20.4. The molecule has 2 aromatic heterocycles. The van der Waals surface area contributed by atoms with Crippen LogP contribution in [0.1, 0.15) is 18.9 Å². The highest BCUT2D eigenvalue weighted by Crippen LogP contribution is 2.33. The molecule has 154 valence electrons. The van der Waals surface area contributed by atoms with Gasteiger partial charge in [0, 0.05) is 43.4 Å². The van der Waals surface area contributed by atoms with Crippen LogP contribution in [0.2, 0.25) is 0 Å². The van der Waals surface area contributed by atoms with Crippen molar-refractivity contribution in [2.24, 2.45) is 7.05 Å². The van der Waals surface area contributed by atoms with Crippen molar-refractivity contribution in [2.45, 2.75) is 26.1 Å². The number of hydrogen-bond acceptors (Lipinski definition) is 4. The van der Waals surface area contributed by atoms with Gasteiger partial charge in [0.25, 0.3) is 5.56 Å². The van der Waals surface area contributed by atoms with Gasteiger partial charge >= 0.3 is 6.18 Å². The smallest absolute Gasteiger partial charge is 0.417 e. The number of alkyl halides is 3. The molecule has 2 heterocycles. The number of halogens is 3. The van der Waals surface area contributed by atoms with Crippen LogP contribution in [0.4, 0.5) is 18.9 Å². The highest BCUT2D eigenvalue weighted by Gasteiger charge is 2.34. The number of hydrogen-bond donors (Lipinski definition) is 1. The molecule has 1 aromatic carbocycles. The molecule has 0 unspecified atom stereocenters. The fraction of sp³-hybridized carbons (Fsp3) is 0.316. The van der Waals surface area contributed by atoms with Gasteiger partial charge in [-0.05, 0) is 31.2 Å². The van der Waals surface area contributed by atoms with Crippen LogP contribution >= 0.6 is 0 Å². The minimum atomic E-state index is -4.68. The van der Waals surface area contributed by atoms with E-state index >= 15 is 0 Å². The molecule has 0 atom stereocenters. The minimum Gasteiger partial charge on any atom is -0.494 e. The minimum absolute atomic E-state index is 0.104. The molecule has 3 rings (SSSR count). The van der Waals surface area contributed by atoms with E-state index < -0.39 is 17.3 Å². The van der Waals surface area contributed by atoms with Gasteiger partial charge in [0.05, 0.1) is 12.2 Å². The maximum Gasteiger partial charge on any atom is 0.417 e. The maximum atomic E-state index is 13.2. The summed E-state index contributed by atoms with van der Waals surface area (Å²) in [6, 6.07) is 7.29. The summed E-state index contributed by atoms with van der Waals surface area (Å²) in [7, 11) is 1.47. The lowest BCUT2D eigenvalue weighted by atomic mass is 10.2. The molecule has 0 aliphatic heterocycles. The van der Waals surface area contributed by atoms with E-state index in [0.717, 1.165) is 4.57 Å². The Hall–Kier alpha value is -3.30. The normalized spacial score (nSPS) is 11.6. The van der Waals surface area contributed by atoms with E-state index in [1.54, 1.807) is 24.3 Å². The van der Waals surface area contributed by atoms with Crippen molar-refractivity contribution in [1.29, 1.82) is 0 Å². The van der Waals surface area contributed by atoms with Crippen molar-refractivity contribution in [3.8, 4) is 5.75 Å². The first-order chi connectivity index (χ1) is 13.7. The average molecular weight is 408 g/mol. The number of amides is 1. The highest BCUT2D eigenvalue weighted by atomic mass is 19.4. The quantitative estimate of drug-likeness (QED) is 0.680. The summed E-state index contributed by atoms with van der Waals surface area (Å²) in [6.07, 6.45) is -3.58. The van der Waals surface area contributed by atoms with Gasteiger partial charge in [0.1, 0.15) is 5.75 Å². The molecular formula is C19H19F3N4O3. The van der Waals surface area contributed by atoms with Gasteiger partial charge in [0.2, 0.25) is 5.91 Å². The average Bonchev–Trinajstić information content (AvgIpc) is 3.02. The molecule has 1 N–H and O–H groups in total. The van der Waals surface area contributed by atoms with Crippen LogP contribution in [-0.4, -0.2) is 26.9 Å². The highest BCUT2D eigenvalue weighted by molar-refractivity contribution is 5.90. The number of carbonyl (C=O) groups is 1. The van der Waals surface area contributed by atoms with Gasteiger partial charge in [0.15, 0.2) is 5.65 Å². The molecule has 0 saturated heterocycles. The van der Waals surface area contributed by atoms with Crippen LogP contribution in [0.3, 0.4) is 0 Å². The fourth-order valence-electron chi connectivity index (χ4n) is 2.94. The zero-order chi connectivity index (χ0) is 21.2. The van der Waals surface area contributed by atoms with Gasteiger partial charge in [-0.25, -0.2) is 0 Å². The number of benzene rings is 1. The third-order valence-corrected chi connectivity index (χ3v) is 4.21. The Morgan fingerprint density at radius 3 is 2.55 bits per heavy atom. The number of anilines is 1. The number of pyridine rings is 1. The Balaban J connectivity index is 1.77. The van der Waals surface area contributed by atoms with E-state index in [1.165, 1.54) is 17.9 Å². The summed E-state index contributed by atoms with van der Waals surface area (Å²) in [5.74, 6) is 0.282. The zero-order valence-electron chi connectivity index (χ0n) is 15.8. The lowest BCUT2D eigenvalue weighted by molar-refractivity contribution is -0.136. The zero-order valence-corrected chi connectivity index (χ0v) is 15.8. The number of nitrogens with zero attached hydrogens (tertiary/aromatic N) is 3. The third-order valence-electron chi connectivity index (χ3n) is 4.21. The Morgan fingerprint density at radius 1 is 1.24 bits per heavy atom. The molecule has 0 radical (unpaired) electrons. The number of rotatable bonds is 6. The number of aromatic nitrogens is 3. The number of fused-ring (bicyclic) bond motifs is 1. The van der Waals surface area contributed by atoms with Crippen molar-refractivity contribution >= 4 is 22.6 Å². The van der Waals surface area contributed by atoms with Gasteiger partial charge in [-0.15, -0.1) is 0 Å². The Labute approximate surface area is 163 Å². The third kappa shape index (κ3) is 4.58. The van der Waals surface area contributed by atoms with Gasteiger partial charge in [-0.2, -0.15) is 18.3 Å². The molecule has 0 spiro atoms. The molecule has 0 bridgehead atoms. The van der Waals surface area contributed by atoms with Crippen LogP contribution < -0.4 is 15.6 Å². The van der Waals surface area contributed by atoms with Gasteiger partial charge in [-0.3, -0.25) is 18.8 Å². The van der Waals surface area contributed by atoms with Crippen LogP contribution in [0.25, 0.3) is 11.0 Å².